The van der Waals surface area contributed by atoms with Crippen molar-refractivity contribution in [3.8, 4) is 11.4 Å². The van der Waals surface area contributed by atoms with E-state index in [1.54, 1.807) is 19.2 Å². The molecular formula is C21H30ClIN6O2. The van der Waals surface area contributed by atoms with Crippen LogP contribution < -0.4 is 10.6 Å². The minimum absolute atomic E-state index is 0. The molecule has 170 valence electrons. The predicted molar refractivity (Wildman–Crippen MR) is 133 cm³/mol. The largest absolute Gasteiger partial charge is 0.359 e. The lowest BCUT2D eigenvalue weighted by Crippen LogP contribution is -2.46. The van der Waals surface area contributed by atoms with Crippen LogP contribution in [0.3, 0.4) is 0 Å². The Hall–Kier alpha value is -1.88. The van der Waals surface area contributed by atoms with Gasteiger partial charge in [-0.25, -0.2) is 0 Å². The highest BCUT2D eigenvalue weighted by Crippen LogP contribution is 2.21. The van der Waals surface area contributed by atoms with Crippen LogP contribution in [0.2, 0.25) is 5.02 Å². The molecule has 8 nitrogen and oxygen atoms in total. The first-order chi connectivity index (χ1) is 14.6. The van der Waals surface area contributed by atoms with Crippen LogP contribution in [0.5, 0.6) is 0 Å². The number of guanidine groups is 1. The number of aromatic nitrogens is 2. The number of carbonyl (C=O) groups is 1. The molecule has 1 aliphatic rings. The predicted octanol–water partition coefficient (Wildman–Crippen LogP) is 3.36. The van der Waals surface area contributed by atoms with Gasteiger partial charge in [-0.1, -0.05) is 16.8 Å². The lowest BCUT2D eigenvalue weighted by atomic mass is 9.93. The monoisotopic (exact) mass is 560 g/mol. The molecule has 0 unspecified atom stereocenters. The number of nitrogens with one attached hydrogen (secondary N) is 2. The van der Waals surface area contributed by atoms with Crippen molar-refractivity contribution in [3.05, 3.63) is 35.2 Å². The number of hydrogen-bond acceptors (Lipinski definition) is 5. The SMILES string of the molecule is CCNC(=NCCc1nc(-c2ccc(Cl)cc2)no1)N1CCC(CC(=O)NC)CC1.I. The molecule has 3 rings (SSSR count). The van der Waals surface area contributed by atoms with E-state index >= 15 is 0 Å². The zero-order valence-electron chi connectivity index (χ0n) is 17.9. The van der Waals surface area contributed by atoms with Crippen LogP contribution in [0.1, 0.15) is 32.1 Å². The van der Waals surface area contributed by atoms with Gasteiger partial charge < -0.3 is 20.1 Å². The molecule has 31 heavy (non-hydrogen) atoms. The number of nitrogens with zero attached hydrogens (tertiary/aromatic N) is 4. The van der Waals surface area contributed by atoms with Gasteiger partial charge in [-0.2, -0.15) is 4.98 Å². The number of piperidine rings is 1. The van der Waals surface area contributed by atoms with Gasteiger partial charge in [0.2, 0.25) is 17.6 Å². The van der Waals surface area contributed by atoms with Gasteiger partial charge in [0.15, 0.2) is 5.96 Å². The van der Waals surface area contributed by atoms with Crippen molar-refractivity contribution in [2.45, 2.75) is 32.6 Å². The van der Waals surface area contributed by atoms with E-state index in [1.807, 2.05) is 12.1 Å². The topological polar surface area (TPSA) is 95.7 Å². The van der Waals surface area contributed by atoms with Crippen LogP contribution in [-0.4, -0.2) is 60.1 Å². The van der Waals surface area contributed by atoms with Gasteiger partial charge in [0, 0.05) is 50.1 Å². The zero-order chi connectivity index (χ0) is 21.3. The fourth-order valence-electron chi connectivity index (χ4n) is 3.47. The number of likely N-dealkylation sites (tertiary alicyclic amines) is 1. The van der Waals surface area contributed by atoms with Gasteiger partial charge in [0.1, 0.15) is 0 Å². The van der Waals surface area contributed by atoms with Gasteiger partial charge in [0.05, 0.1) is 6.54 Å². The van der Waals surface area contributed by atoms with E-state index in [0.29, 0.717) is 42.0 Å². The van der Waals surface area contributed by atoms with Crippen molar-refractivity contribution in [1.29, 1.82) is 0 Å². The minimum atomic E-state index is 0. The van der Waals surface area contributed by atoms with E-state index in [0.717, 1.165) is 44.0 Å². The molecule has 2 heterocycles. The van der Waals surface area contributed by atoms with Crippen molar-refractivity contribution >= 4 is 47.4 Å². The van der Waals surface area contributed by atoms with Crippen LogP contribution in [-0.2, 0) is 11.2 Å². The summed E-state index contributed by atoms with van der Waals surface area (Å²) < 4.78 is 5.36. The molecule has 1 saturated heterocycles. The molecule has 0 spiro atoms. The van der Waals surface area contributed by atoms with E-state index in [-0.39, 0.29) is 29.9 Å². The van der Waals surface area contributed by atoms with Crippen LogP contribution in [0.15, 0.2) is 33.8 Å². The standard InChI is InChI=1S/C21H29ClN6O2.HI/c1-3-24-21(28-12-9-15(10-13-28)14-18(29)23-2)25-11-8-19-26-20(27-30-19)16-4-6-17(22)7-5-16;/h4-7,15H,3,8-14H2,1-2H3,(H,23,29)(H,24,25);1H. The Morgan fingerprint density at radius 2 is 2.00 bits per heavy atom. The van der Waals surface area contributed by atoms with Crippen molar-refractivity contribution < 1.29 is 9.32 Å². The Bertz CT molecular complexity index is 850. The highest BCUT2D eigenvalue weighted by molar-refractivity contribution is 14.0. The van der Waals surface area contributed by atoms with E-state index < -0.39 is 0 Å². The normalized spacial score (nSPS) is 14.8. The molecular weight excluding hydrogens is 531 g/mol. The Labute approximate surface area is 205 Å². The molecule has 1 fully saturated rings. The summed E-state index contributed by atoms with van der Waals surface area (Å²) in [6.07, 6.45) is 3.16. The summed E-state index contributed by atoms with van der Waals surface area (Å²) in [6, 6.07) is 7.34. The Balaban J connectivity index is 0.00000341. The maximum absolute atomic E-state index is 11.6. The third-order valence-corrected chi connectivity index (χ3v) is 5.41. The summed E-state index contributed by atoms with van der Waals surface area (Å²) in [6.45, 7) is 5.22. The van der Waals surface area contributed by atoms with Gasteiger partial charge in [0.25, 0.3) is 0 Å². The number of aliphatic imine (C=N–C) groups is 1. The summed E-state index contributed by atoms with van der Waals surface area (Å²) in [7, 11) is 1.69. The molecule has 2 aromatic rings. The van der Waals surface area contributed by atoms with E-state index in [4.69, 9.17) is 21.1 Å². The second kappa shape index (κ2) is 12.8. The second-order valence-corrected chi connectivity index (χ2v) is 7.75. The lowest BCUT2D eigenvalue weighted by Gasteiger charge is -2.34. The molecule has 0 saturated carbocycles. The fourth-order valence-corrected chi connectivity index (χ4v) is 3.60. The second-order valence-electron chi connectivity index (χ2n) is 7.31. The summed E-state index contributed by atoms with van der Waals surface area (Å²) in [5, 5.41) is 10.8. The maximum atomic E-state index is 11.6. The van der Waals surface area contributed by atoms with Crippen molar-refractivity contribution in [2.24, 2.45) is 10.9 Å². The average Bonchev–Trinajstić information content (AvgIpc) is 3.23. The molecule has 1 aromatic heterocycles. The smallest absolute Gasteiger partial charge is 0.228 e. The molecule has 1 aromatic carbocycles. The highest BCUT2D eigenvalue weighted by atomic mass is 127. The molecule has 0 bridgehead atoms. The lowest BCUT2D eigenvalue weighted by molar-refractivity contribution is -0.121. The van der Waals surface area contributed by atoms with Crippen LogP contribution in [0.25, 0.3) is 11.4 Å². The highest BCUT2D eigenvalue weighted by Gasteiger charge is 2.23. The third kappa shape index (κ3) is 7.64. The van der Waals surface area contributed by atoms with Crippen molar-refractivity contribution in [1.82, 2.24) is 25.7 Å². The van der Waals surface area contributed by atoms with E-state index in [9.17, 15) is 4.79 Å². The number of amides is 1. The number of halogens is 2. The van der Waals surface area contributed by atoms with E-state index in [1.165, 1.54) is 0 Å². The maximum Gasteiger partial charge on any atom is 0.228 e. The van der Waals surface area contributed by atoms with E-state index in [2.05, 4.69) is 32.6 Å². The van der Waals surface area contributed by atoms with Crippen LogP contribution in [0, 0.1) is 5.92 Å². The molecule has 10 heteroatoms. The average molecular weight is 561 g/mol. The van der Waals surface area contributed by atoms with Crippen LogP contribution >= 0.6 is 35.6 Å². The van der Waals surface area contributed by atoms with Crippen molar-refractivity contribution in [3.63, 3.8) is 0 Å². The Kier molecular flexibility index (Phi) is 10.5. The summed E-state index contributed by atoms with van der Waals surface area (Å²) in [5.41, 5.74) is 0.867. The molecule has 0 aliphatic carbocycles. The molecule has 1 aliphatic heterocycles. The number of rotatable bonds is 7. The summed E-state index contributed by atoms with van der Waals surface area (Å²) in [5.74, 6) is 2.56. The fraction of sp³-hybridized carbons (Fsp3) is 0.524. The quantitative estimate of drug-likeness (QED) is 0.306. The first-order valence-electron chi connectivity index (χ1n) is 10.4. The third-order valence-electron chi connectivity index (χ3n) is 5.16. The molecule has 1 amide bonds. The molecule has 0 radical (unpaired) electrons. The zero-order valence-corrected chi connectivity index (χ0v) is 21.0. The van der Waals surface area contributed by atoms with Gasteiger partial charge in [-0.15, -0.1) is 24.0 Å². The van der Waals surface area contributed by atoms with Gasteiger partial charge in [-0.3, -0.25) is 9.79 Å². The Morgan fingerprint density at radius 3 is 2.65 bits per heavy atom. The first kappa shape index (κ1) is 25.4. The molecule has 0 atom stereocenters. The summed E-state index contributed by atoms with van der Waals surface area (Å²) in [4.78, 5) is 23.0. The van der Waals surface area contributed by atoms with Gasteiger partial charge in [-0.05, 0) is 49.9 Å². The van der Waals surface area contributed by atoms with Crippen LogP contribution in [0.4, 0.5) is 0 Å². The van der Waals surface area contributed by atoms with Gasteiger partial charge >= 0.3 is 0 Å². The number of benzene rings is 1. The number of carbonyl (C=O) groups excluding carboxylic acids is 1. The Morgan fingerprint density at radius 1 is 1.29 bits per heavy atom. The molecule has 2 N–H and O–H groups in total. The minimum Gasteiger partial charge on any atom is -0.359 e. The van der Waals surface area contributed by atoms with Crippen molar-refractivity contribution in [2.75, 3.05) is 33.2 Å². The summed E-state index contributed by atoms with van der Waals surface area (Å²) >= 11 is 5.92. The number of hydrogen-bond donors (Lipinski definition) is 2. The first-order valence-corrected chi connectivity index (χ1v) is 10.8.